The van der Waals surface area contributed by atoms with Crippen LogP contribution in [0, 0.1) is 34.5 Å². The van der Waals surface area contributed by atoms with Crippen molar-refractivity contribution in [3.05, 3.63) is 42.0 Å². The Morgan fingerprint density at radius 3 is 2.35 bits per heavy atom. The van der Waals surface area contributed by atoms with E-state index in [0.29, 0.717) is 17.3 Å². The highest BCUT2D eigenvalue weighted by atomic mass is 32.2. The highest BCUT2D eigenvalue weighted by Crippen LogP contribution is 2.63. The van der Waals surface area contributed by atoms with Gasteiger partial charge in [0.15, 0.2) is 0 Å². The molecule has 0 aromatic heterocycles. The Morgan fingerprint density at radius 2 is 1.81 bits per heavy atom. The van der Waals surface area contributed by atoms with Crippen molar-refractivity contribution < 1.29 is 4.79 Å². The van der Waals surface area contributed by atoms with E-state index in [1.54, 1.807) is 5.57 Å². The van der Waals surface area contributed by atoms with Crippen molar-refractivity contribution >= 4 is 18.0 Å². The van der Waals surface area contributed by atoms with Gasteiger partial charge in [-0.1, -0.05) is 57.5 Å². The monoisotopic (exact) mass is 370 g/mol. The van der Waals surface area contributed by atoms with Crippen LogP contribution in [0.2, 0.25) is 0 Å². The molecule has 0 saturated heterocycles. The zero-order valence-electron chi connectivity index (χ0n) is 17.0. The van der Waals surface area contributed by atoms with E-state index in [-0.39, 0.29) is 5.41 Å². The van der Waals surface area contributed by atoms with Gasteiger partial charge in [0.25, 0.3) is 0 Å². The van der Waals surface area contributed by atoms with Gasteiger partial charge in [0, 0.05) is 10.8 Å². The summed E-state index contributed by atoms with van der Waals surface area (Å²) in [4.78, 5) is 12.1. The third kappa shape index (κ3) is 4.11. The predicted molar refractivity (Wildman–Crippen MR) is 112 cm³/mol. The van der Waals surface area contributed by atoms with Crippen LogP contribution in [0.4, 0.5) is 0 Å². The fourth-order valence-corrected chi connectivity index (χ4v) is 5.83. The molecule has 0 radical (unpaired) electrons. The maximum absolute atomic E-state index is 10.8. The minimum Gasteiger partial charge on any atom is -0.303 e. The lowest BCUT2D eigenvalue weighted by Crippen LogP contribution is -1.92. The fraction of sp³-hybridized carbons (Fsp3) is 0.625. The fourth-order valence-electron chi connectivity index (χ4n) is 4.87. The van der Waals surface area contributed by atoms with Crippen molar-refractivity contribution in [1.82, 2.24) is 0 Å². The van der Waals surface area contributed by atoms with Gasteiger partial charge < -0.3 is 4.79 Å². The Balaban J connectivity index is 0.000000167. The maximum atomic E-state index is 10.8. The van der Waals surface area contributed by atoms with Gasteiger partial charge in [-0.3, -0.25) is 0 Å². The Morgan fingerprint density at radius 1 is 1.12 bits per heavy atom. The van der Waals surface area contributed by atoms with E-state index in [9.17, 15) is 4.79 Å². The zero-order valence-corrected chi connectivity index (χ0v) is 17.8. The Kier molecular flexibility index (Phi) is 5.72. The molecule has 1 aromatic carbocycles. The summed E-state index contributed by atoms with van der Waals surface area (Å²) in [6.07, 6.45) is 7.58. The molecule has 0 spiro atoms. The summed E-state index contributed by atoms with van der Waals surface area (Å²) in [5.41, 5.74) is 2.52. The SMILES string of the molecule is CC1(C)[C@H](CCSc2ccccc2)[C@@H]1C=O.CC1=C[C@H]2[C@@H](CC1)C2(C)C. The van der Waals surface area contributed by atoms with Crippen molar-refractivity contribution in [3.8, 4) is 0 Å². The summed E-state index contributed by atoms with van der Waals surface area (Å²) in [5, 5.41) is 0. The van der Waals surface area contributed by atoms with Gasteiger partial charge in [-0.25, -0.2) is 0 Å². The number of carbonyl (C=O) groups excluding carboxylic acids is 1. The second-order valence-corrected chi connectivity index (χ2v) is 10.7. The van der Waals surface area contributed by atoms with Gasteiger partial charge in [0.2, 0.25) is 0 Å². The number of carbonyl (C=O) groups is 1. The molecule has 26 heavy (non-hydrogen) atoms. The molecule has 1 aromatic rings. The summed E-state index contributed by atoms with van der Waals surface area (Å²) < 4.78 is 0. The summed E-state index contributed by atoms with van der Waals surface area (Å²) in [6, 6.07) is 10.4. The van der Waals surface area contributed by atoms with E-state index < -0.39 is 0 Å². The quantitative estimate of drug-likeness (QED) is 0.328. The van der Waals surface area contributed by atoms with Crippen molar-refractivity contribution in [2.75, 3.05) is 5.75 Å². The second kappa shape index (κ2) is 7.54. The molecule has 0 amide bonds. The molecule has 3 aliphatic rings. The predicted octanol–water partition coefficient (Wildman–Crippen LogP) is 6.64. The van der Waals surface area contributed by atoms with Crippen molar-refractivity contribution in [2.24, 2.45) is 34.5 Å². The lowest BCUT2D eigenvalue weighted by molar-refractivity contribution is -0.109. The normalized spacial score (nSPS) is 32.4. The molecular weight excluding hydrogens is 336 g/mol. The van der Waals surface area contributed by atoms with Crippen LogP contribution in [0.1, 0.15) is 53.9 Å². The highest BCUT2D eigenvalue weighted by Gasteiger charge is 2.57. The molecule has 3 aliphatic carbocycles. The number of rotatable bonds is 5. The van der Waals surface area contributed by atoms with Crippen molar-refractivity contribution in [2.45, 2.75) is 58.8 Å². The number of hydrogen-bond acceptors (Lipinski definition) is 2. The Labute approximate surface area is 164 Å². The molecule has 0 unspecified atom stereocenters. The van der Waals surface area contributed by atoms with Crippen LogP contribution in [0.15, 0.2) is 46.9 Å². The van der Waals surface area contributed by atoms with Crippen LogP contribution >= 0.6 is 11.8 Å². The number of hydrogen-bond donors (Lipinski definition) is 0. The van der Waals surface area contributed by atoms with Gasteiger partial charge >= 0.3 is 0 Å². The molecule has 0 N–H and O–H groups in total. The van der Waals surface area contributed by atoms with E-state index in [0.717, 1.165) is 30.3 Å². The number of benzene rings is 1. The second-order valence-electron chi connectivity index (χ2n) is 9.55. The van der Waals surface area contributed by atoms with Crippen molar-refractivity contribution in [3.63, 3.8) is 0 Å². The van der Waals surface area contributed by atoms with Crippen LogP contribution in [0.5, 0.6) is 0 Å². The number of allylic oxidation sites excluding steroid dienone is 2. The Bertz CT molecular complexity index is 658. The van der Waals surface area contributed by atoms with Gasteiger partial charge in [0.05, 0.1) is 0 Å². The zero-order chi connectivity index (χ0) is 18.9. The lowest BCUT2D eigenvalue weighted by Gasteiger charge is -2.05. The van der Waals surface area contributed by atoms with E-state index >= 15 is 0 Å². The topological polar surface area (TPSA) is 17.1 Å². The molecule has 2 saturated carbocycles. The molecule has 0 bridgehead atoms. The van der Waals surface area contributed by atoms with Crippen LogP contribution < -0.4 is 0 Å². The molecule has 4 atom stereocenters. The van der Waals surface area contributed by atoms with Crippen molar-refractivity contribution in [1.29, 1.82) is 0 Å². The highest BCUT2D eigenvalue weighted by molar-refractivity contribution is 7.99. The first kappa shape index (κ1) is 19.7. The molecule has 0 heterocycles. The molecule has 2 heteroatoms. The summed E-state index contributed by atoms with van der Waals surface area (Å²) >= 11 is 1.89. The third-order valence-electron chi connectivity index (χ3n) is 7.18. The molecular formula is C24H34OS. The molecule has 2 fully saturated rings. The number of aldehydes is 1. The first-order chi connectivity index (χ1) is 12.3. The van der Waals surface area contributed by atoms with Gasteiger partial charge in [-0.2, -0.15) is 0 Å². The third-order valence-corrected chi connectivity index (χ3v) is 8.22. The first-order valence-corrected chi connectivity index (χ1v) is 11.1. The van der Waals surface area contributed by atoms with Crippen LogP contribution in [-0.2, 0) is 4.79 Å². The van der Waals surface area contributed by atoms with Gasteiger partial charge in [-0.15, -0.1) is 11.8 Å². The van der Waals surface area contributed by atoms with E-state index in [4.69, 9.17) is 0 Å². The van der Waals surface area contributed by atoms with Crippen LogP contribution in [0.3, 0.4) is 0 Å². The van der Waals surface area contributed by atoms with E-state index in [1.807, 2.05) is 17.8 Å². The lowest BCUT2D eigenvalue weighted by atomic mass is 10.0. The van der Waals surface area contributed by atoms with E-state index in [1.165, 1.54) is 17.7 Å². The standard InChI is InChI=1S/C14H18OS.C10H16/c1-14(2)12(13(14)10-15)8-9-16-11-6-4-3-5-7-11;1-7-4-5-8-9(6-7)10(8,2)3/h3-7,10,12-13H,8-9H2,1-2H3;6,8-9H,4-5H2,1-3H3/t12-,13+;8-,9+/m11/s1. The molecule has 142 valence electrons. The molecule has 1 nitrogen and oxygen atoms in total. The molecule has 0 aliphatic heterocycles. The Hall–Kier alpha value is -1.02. The average Bonchev–Trinajstić information content (AvgIpc) is 3.37. The van der Waals surface area contributed by atoms with Gasteiger partial charge in [0.1, 0.15) is 6.29 Å². The minimum atomic E-state index is 0.249. The summed E-state index contributed by atoms with van der Waals surface area (Å²) in [6.45, 7) is 11.5. The smallest absolute Gasteiger partial charge is 0.123 e. The van der Waals surface area contributed by atoms with E-state index in [2.05, 4.69) is 65.0 Å². The largest absolute Gasteiger partial charge is 0.303 e. The average molecular weight is 371 g/mol. The maximum Gasteiger partial charge on any atom is 0.123 e. The number of fused-ring (bicyclic) bond motifs is 1. The summed E-state index contributed by atoms with van der Waals surface area (Å²) in [5.74, 6) is 3.96. The van der Waals surface area contributed by atoms with Gasteiger partial charge in [-0.05, 0) is 72.7 Å². The van der Waals surface area contributed by atoms with Crippen LogP contribution in [0.25, 0.3) is 0 Å². The number of thioether (sulfide) groups is 1. The summed E-state index contributed by atoms with van der Waals surface area (Å²) in [7, 11) is 0. The molecule has 4 rings (SSSR count). The van der Waals surface area contributed by atoms with Crippen LogP contribution in [-0.4, -0.2) is 12.0 Å². The first-order valence-electron chi connectivity index (χ1n) is 10.1. The minimum absolute atomic E-state index is 0.249.